The molecule has 0 aromatic heterocycles. The quantitative estimate of drug-likeness (QED) is 0.421. The topological polar surface area (TPSA) is 65.1 Å². The lowest BCUT2D eigenvalue weighted by Crippen LogP contribution is -2.51. The van der Waals surface area contributed by atoms with Gasteiger partial charge in [0, 0.05) is 56.8 Å². The number of hydrogen-bond acceptors (Lipinski definition) is 6. The highest BCUT2D eigenvalue weighted by atomic mass is 32.2. The van der Waals surface area contributed by atoms with Gasteiger partial charge in [0.1, 0.15) is 0 Å². The number of piperazine rings is 1. The first-order valence-electron chi connectivity index (χ1n) is 11.5. The Morgan fingerprint density at radius 2 is 2.00 bits per heavy atom. The third kappa shape index (κ3) is 8.46. The van der Waals surface area contributed by atoms with Gasteiger partial charge in [0.25, 0.3) is 5.91 Å². The number of allylic oxidation sites excluding steroid dienone is 3. The molecule has 2 heterocycles. The van der Waals surface area contributed by atoms with Crippen molar-refractivity contribution >= 4 is 23.9 Å². The summed E-state index contributed by atoms with van der Waals surface area (Å²) in [6, 6.07) is -0.176. The van der Waals surface area contributed by atoms with Gasteiger partial charge >= 0.3 is 6.09 Å². The largest absolute Gasteiger partial charge is 0.439 e. The highest BCUT2D eigenvalue weighted by Crippen LogP contribution is 2.35. The van der Waals surface area contributed by atoms with Gasteiger partial charge < -0.3 is 15.0 Å². The summed E-state index contributed by atoms with van der Waals surface area (Å²) in [6.07, 6.45) is 9.15. The van der Waals surface area contributed by atoms with Crippen molar-refractivity contribution in [2.24, 2.45) is 5.41 Å². The normalized spacial score (nSPS) is 23.4. The Morgan fingerprint density at radius 3 is 2.58 bits per heavy atom. The van der Waals surface area contributed by atoms with Crippen molar-refractivity contribution in [3.8, 4) is 0 Å². The van der Waals surface area contributed by atoms with Gasteiger partial charge in [-0.2, -0.15) is 0 Å². The minimum Gasteiger partial charge on any atom is -0.439 e. The summed E-state index contributed by atoms with van der Waals surface area (Å²) in [5.41, 5.74) is 0.747. The first kappa shape index (κ1) is 27.4. The van der Waals surface area contributed by atoms with Gasteiger partial charge in [-0.3, -0.25) is 9.69 Å². The molecular weight excluding hydrogens is 443 g/mol. The van der Waals surface area contributed by atoms with Crippen LogP contribution in [0.15, 0.2) is 35.7 Å². The highest BCUT2D eigenvalue weighted by Gasteiger charge is 2.33. The molecule has 2 aliphatic heterocycles. The monoisotopic (exact) mass is 482 g/mol. The molecule has 2 rings (SSSR count). The number of ether oxygens (including phenoxy) is 1. The second-order valence-electron chi connectivity index (χ2n) is 9.30. The van der Waals surface area contributed by atoms with Gasteiger partial charge in [-0.25, -0.2) is 13.5 Å². The lowest BCUT2D eigenvalue weighted by atomic mass is 9.78. The minimum absolute atomic E-state index is 0.00965. The number of nitrogens with zero attached hydrogens (tertiary/aromatic N) is 3. The molecule has 0 aromatic carbocycles. The summed E-state index contributed by atoms with van der Waals surface area (Å²) in [5.74, 6) is -0.376. The molecule has 9 heteroatoms. The number of carbonyl (C=O) groups excluding carboxylic acids is 2. The second-order valence-corrected chi connectivity index (χ2v) is 10.2. The second kappa shape index (κ2) is 12.6. The molecule has 0 bridgehead atoms. The number of amides is 2. The fourth-order valence-electron chi connectivity index (χ4n) is 4.22. The predicted molar refractivity (Wildman–Crippen MR) is 133 cm³/mol. The average Bonchev–Trinajstić information content (AvgIpc) is 2.74. The summed E-state index contributed by atoms with van der Waals surface area (Å²) in [6.45, 7) is 13.5. The van der Waals surface area contributed by atoms with Crippen molar-refractivity contribution in [2.45, 2.75) is 46.7 Å². The van der Waals surface area contributed by atoms with Crippen LogP contribution in [0.25, 0.3) is 0 Å². The molecule has 186 valence electrons. The maximum Gasteiger partial charge on any atom is 0.407 e. The van der Waals surface area contributed by atoms with Crippen LogP contribution >= 0.6 is 11.9 Å². The van der Waals surface area contributed by atoms with E-state index in [1.165, 1.54) is 6.92 Å². The van der Waals surface area contributed by atoms with Crippen molar-refractivity contribution < 1.29 is 18.7 Å². The molecule has 1 fully saturated rings. The first-order valence-corrected chi connectivity index (χ1v) is 12.7. The highest BCUT2D eigenvalue weighted by molar-refractivity contribution is 7.96. The van der Waals surface area contributed by atoms with E-state index in [9.17, 15) is 14.0 Å². The van der Waals surface area contributed by atoms with Crippen molar-refractivity contribution in [1.82, 2.24) is 19.4 Å². The zero-order valence-corrected chi connectivity index (χ0v) is 21.6. The number of nitrogens with one attached hydrogen (secondary N) is 1. The molecule has 33 heavy (non-hydrogen) atoms. The predicted octanol–water partition coefficient (Wildman–Crippen LogP) is 3.61. The van der Waals surface area contributed by atoms with Gasteiger partial charge in [-0.15, -0.1) is 0 Å². The van der Waals surface area contributed by atoms with Gasteiger partial charge in [0.2, 0.25) is 0 Å². The zero-order valence-electron chi connectivity index (χ0n) is 20.8. The summed E-state index contributed by atoms with van der Waals surface area (Å²) in [7, 11) is 0. The molecule has 0 radical (unpaired) electrons. The molecule has 0 spiro atoms. The first-order chi connectivity index (χ1) is 15.6. The van der Waals surface area contributed by atoms with Crippen molar-refractivity contribution in [3.05, 3.63) is 35.7 Å². The molecule has 2 atom stereocenters. The van der Waals surface area contributed by atoms with E-state index in [0.29, 0.717) is 19.6 Å². The van der Waals surface area contributed by atoms with Crippen LogP contribution in [0, 0.1) is 5.41 Å². The fourth-order valence-corrected chi connectivity index (χ4v) is 4.75. The Bertz CT molecular complexity index is 772. The van der Waals surface area contributed by atoms with E-state index in [0.717, 1.165) is 25.2 Å². The Hall–Kier alpha value is -1.84. The van der Waals surface area contributed by atoms with Crippen LogP contribution in [0.2, 0.25) is 0 Å². The summed E-state index contributed by atoms with van der Waals surface area (Å²) >= 11 is 1.67. The number of halogens is 1. The SMILES string of the molecule is C/C=C\C1C=C(/C=C(\C)F)C(C)(C)CN1CC(C)NC(=O)OCC(=O)N1CCN(SC)CC1. The Morgan fingerprint density at radius 1 is 1.33 bits per heavy atom. The van der Waals surface area contributed by atoms with Crippen molar-refractivity contribution in [3.63, 3.8) is 0 Å². The average molecular weight is 483 g/mol. The van der Waals surface area contributed by atoms with E-state index in [2.05, 4.69) is 40.5 Å². The summed E-state index contributed by atoms with van der Waals surface area (Å²) in [4.78, 5) is 28.6. The third-order valence-electron chi connectivity index (χ3n) is 5.94. The molecule has 2 unspecified atom stereocenters. The molecule has 0 aromatic rings. The molecular formula is C24H39FN4O3S. The van der Waals surface area contributed by atoms with Gasteiger partial charge in [-0.05, 0) is 38.7 Å². The Balaban J connectivity index is 1.87. The molecule has 7 nitrogen and oxygen atoms in total. The molecule has 0 saturated carbocycles. The van der Waals surface area contributed by atoms with E-state index in [1.807, 2.05) is 26.2 Å². The third-order valence-corrected chi connectivity index (χ3v) is 6.83. The van der Waals surface area contributed by atoms with Crippen molar-refractivity contribution in [1.29, 1.82) is 0 Å². The smallest absolute Gasteiger partial charge is 0.407 e. The van der Waals surface area contributed by atoms with Crippen molar-refractivity contribution in [2.75, 3.05) is 52.1 Å². The molecule has 1 N–H and O–H groups in total. The van der Waals surface area contributed by atoms with E-state index >= 15 is 0 Å². The minimum atomic E-state index is -0.593. The molecule has 2 amide bonds. The van der Waals surface area contributed by atoms with E-state index in [1.54, 1.807) is 22.9 Å². The lowest BCUT2D eigenvalue weighted by molar-refractivity contribution is -0.135. The zero-order chi connectivity index (χ0) is 24.6. The number of rotatable bonds is 8. The Labute approximate surface area is 202 Å². The summed E-state index contributed by atoms with van der Waals surface area (Å²) in [5, 5.41) is 2.83. The van der Waals surface area contributed by atoms with E-state index in [-0.39, 0.29) is 35.8 Å². The maximum atomic E-state index is 13.6. The van der Waals surface area contributed by atoms with E-state index < -0.39 is 6.09 Å². The number of carbonyl (C=O) groups is 2. The van der Waals surface area contributed by atoms with Gasteiger partial charge in [0.05, 0.1) is 5.83 Å². The maximum absolute atomic E-state index is 13.6. The number of alkyl carbamates (subject to hydrolysis) is 1. The van der Waals surface area contributed by atoms with Crippen LogP contribution in [0.3, 0.4) is 0 Å². The van der Waals surface area contributed by atoms with Crippen LogP contribution in [0.5, 0.6) is 0 Å². The van der Waals surface area contributed by atoms with Crippen LogP contribution in [-0.4, -0.2) is 90.3 Å². The van der Waals surface area contributed by atoms with Crippen LogP contribution < -0.4 is 5.32 Å². The lowest BCUT2D eigenvalue weighted by Gasteiger charge is -2.42. The Kier molecular flexibility index (Phi) is 10.4. The summed E-state index contributed by atoms with van der Waals surface area (Å²) < 4.78 is 21.0. The van der Waals surface area contributed by atoms with Gasteiger partial charge in [-0.1, -0.05) is 44.0 Å². The van der Waals surface area contributed by atoms with Crippen LogP contribution in [-0.2, 0) is 9.53 Å². The fraction of sp³-hybridized carbons (Fsp3) is 0.667. The molecule has 0 aliphatic carbocycles. The van der Waals surface area contributed by atoms with Crippen LogP contribution in [0.4, 0.5) is 9.18 Å². The molecule has 1 saturated heterocycles. The van der Waals surface area contributed by atoms with Crippen LogP contribution in [0.1, 0.15) is 34.6 Å². The van der Waals surface area contributed by atoms with Gasteiger partial charge in [0.15, 0.2) is 6.61 Å². The standard InChI is InChI=1S/C24H39FN4O3S/c1-7-8-21-14-20(13-18(2)25)24(4,5)17-28(21)15-19(3)26-23(31)32-16-22(30)27-9-11-29(33-6)12-10-27/h7-8,13-14,19,21H,9-12,15-17H2,1-6H3,(H,26,31)/b8-7-,18-13+. The molecule has 2 aliphatic rings. The van der Waals surface area contributed by atoms with E-state index in [4.69, 9.17) is 4.74 Å². The number of hydrogen-bond donors (Lipinski definition) is 1.